The molecule has 0 spiro atoms. The van der Waals surface area contributed by atoms with Crippen LogP contribution in [-0.2, 0) is 6.42 Å². The van der Waals surface area contributed by atoms with Crippen molar-refractivity contribution in [3.05, 3.63) is 59.2 Å². The van der Waals surface area contributed by atoms with E-state index in [1.165, 1.54) is 81.8 Å². The van der Waals surface area contributed by atoms with Gasteiger partial charge in [0, 0.05) is 18.0 Å². The van der Waals surface area contributed by atoms with Crippen LogP contribution in [0.4, 0.5) is 0 Å². The Labute approximate surface area is 183 Å². The second-order valence-electron chi connectivity index (χ2n) is 8.96. The monoisotopic (exact) mass is 402 g/mol. The molecule has 0 bridgehead atoms. The van der Waals surface area contributed by atoms with Gasteiger partial charge < -0.3 is 0 Å². The minimum Gasteiger partial charge on any atom is -0.229 e. The lowest BCUT2D eigenvalue weighted by Gasteiger charge is -2.28. The molecule has 2 heteroatoms. The summed E-state index contributed by atoms with van der Waals surface area (Å²) in [6.07, 6.45) is 19.6. The van der Waals surface area contributed by atoms with E-state index >= 15 is 0 Å². The highest BCUT2D eigenvalue weighted by Gasteiger charge is 2.21. The number of unbranched alkanes of at least 4 members (excludes halogenated alkanes) is 4. The fraction of sp³-hybridized carbons (Fsp3) is 0.571. The van der Waals surface area contributed by atoms with Crippen LogP contribution in [0.5, 0.6) is 0 Å². The van der Waals surface area contributed by atoms with E-state index in [-0.39, 0.29) is 0 Å². The first-order valence-corrected chi connectivity index (χ1v) is 12.2. The molecule has 1 aliphatic carbocycles. The molecule has 1 aromatic heterocycles. The smallest absolute Gasteiger partial charge is 0.205 e. The van der Waals surface area contributed by atoms with E-state index in [2.05, 4.69) is 59.9 Å². The number of aryl methyl sites for hydroxylation is 1. The molecule has 0 saturated heterocycles. The van der Waals surface area contributed by atoms with Gasteiger partial charge in [0.05, 0.1) is 0 Å². The molecule has 30 heavy (non-hydrogen) atoms. The molecule has 1 heterocycles. The Kier molecular flexibility index (Phi) is 9.42. The minimum atomic E-state index is 0.614. The molecule has 160 valence electrons. The van der Waals surface area contributed by atoms with Crippen LogP contribution in [0.15, 0.2) is 36.7 Å². The van der Waals surface area contributed by atoms with Crippen LogP contribution in [0.3, 0.4) is 0 Å². The van der Waals surface area contributed by atoms with Crippen molar-refractivity contribution in [2.24, 2.45) is 5.92 Å². The van der Waals surface area contributed by atoms with E-state index in [4.69, 9.17) is 0 Å². The molecule has 1 fully saturated rings. The minimum absolute atomic E-state index is 0.614. The van der Waals surface area contributed by atoms with Gasteiger partial charge in [-0.2, -0.15) is 0 Å². The van der Waals surface area contributed by atoms with Crippen LogP contribution in [0.2, 0.25) is 0 Å². The fourth-order valence-corrected chi connectivity index (χ4v) is 4.64. The third-order valence-corrected chi connectivity index (χ3v) is 6.52. The van der Waals surface area contributed by atoms with Crippen LogP contribution in [0, 0.1) is 17.8 Å². The maximum absolute atomic E-state index is 4.44. The van der Waals surface area contributed by atoms with Crippen molar-refractivity contribution >= 4 is 0 Å². The number of rotatable bonds is 9. The van der Waals surface area contributed by atoms with Gasteiger partial charge in [0.2, 0.25) is 5.82 Å². The molecule has 1 aromatic carbocycles. The summed E-state index contributed by atoms with van der Waals surface area (Å²) in [7, 11) is 0. The molecule has 0 N–H and O–H groups in total. The van der Waals surface area contributed by atoms with Gasteiger partial charge in [0.25, 0.3) is 0 Å². The van der Waals surface area contributed by atoms with E-state index < -0.39 is 0 Å². The second kappa shape index (κ2) is 12.5. The van der Waals surface area contributed by atoms with Gasteiger partial charge in [-0.1, -0.05) is 70.4 Å². The van der Waals surface area contributed by atoms with Crippen molar-refractivity contribution in [1.82, 2.24) is 9.97 Å². The number of benzene rings is 1. The highest BCUT2D eigenvalue weighted by molar-refractivity contribution is 5.40. The van der Waals surface area contributed by atoms with Crippen molar-refractivity contribution in [3.8, 4) is 11.8 Å². The van der Waals surface area contributed by atoms with E-state index in [0.29, 0.717) is 5.82 Å². The van der Waals surface area contributed by atoms with Gasteiger partial charge in [-0.05, 0) is 79.5 Å². The van der Waals surface area contributed by atoms with E-state index in [0.717, 1.165) is 23.8 Å². The average molecular weight is 403 g/mol. The first-order chi connectivity index (χ1) is 14.8. The van der Waals surface area contributed by atoms with E-state index in [1.54, 1.807) is 0 Å². The normalized spacial score (nSPS) is 18.6. The summed E-state index contributed by atoms with van der Waals surface area (Å²) in [4.78, 5) is 8.87. The Bertz CT molecular complexity index is 787. The standard InChI is InChI=1S/C28H38N2/c1-3-5-6-7-8-10-25-21-29-28(30-22-25)20-15-24-13-18-27(19-14-24)26-16-11-23(9-4-2)12-17-26/h13-14,18-19,21-23,26H,3-12,16-17H2,1-2H3/t23-,26-. The van der Waals surface area contributed by atoms with Crippen molar-refractivity contribution in [2.45, 2.75) is 96.8 Å². The zero-order chi connectivity index (χ0) is 21.0. The number of hydrogen-bond donors (Lipinski definition) is 0. The predicted octanol–water partition coefficient (Wildman–Crippen LogP) is 7.46. The van der Waals surface area contributed by atoms with Gasteiger partial charge in [-0.25, -0.2) is 9.97 Å². The molecule has 0 atom stereocenters. The number of hydrogen-bond acceptors (Lipinski definition) is 2. The molecular formula is C28H38N2. The molecule has 0 radical (unpaired) electrons. The lowest BCUT2D eigenvalue weighted by Crippen LogP contribution is -2.13. The Hall–Kier alpha value is -2.14. The van der Waals surface area contributed by atoms with E-state index in [9.17, 15) is 0 Å². The SMILES string of the molecule is CCCCCCCc1cnc(C#Cc2ccc([C@H]3CC[C@H](CCC)CC3)cc2)nc1. The third-order valence-electron chi connectivity index (χ3n) is 6.52. The third kappa shape index (κ3) is 7.28. The molecule has 2 aromatic rings. The summed E-state index contributed by atoms with van der Waals surface area (Å²) in [5, 5.41) is 0. The molecule has 3 rings (SSSR count). The van der Waals surface area contributed by atoms with Crippen molar-refractivity contribution in [3.63, 3.8) is 0 Å². The maximum Gasteiger partial charge on any atom is 0.205 e. The molecule has 0 unspecified atom stereocenters. The van der Waals surface area contributed by atoms with Crippen molar-refractivity contribution in [2.75, 3.05) is 0 Å². The molecular weight excluding hydrogens is 364 g/mol. The van der Waals surface area contributed by atoms with Crippen molar-refractivity contribution < 1.29 is 0 Å². The quantitative estimate of drug-likeness (QED) is 0.321. The van der Waals surface area contributed by atoms with Crippen LogP contribution < -0.4 is 0 Å². The Morgan fingerprint density at radius 1 is 0.800 bits per heavy atom. The zero-order valence-corrected chi connectivity index (χ0v) is 19.0. The first-order valence-electron chi connectivity index (χ1n) is 12.2. The van der Waals surface area contributed by atoms with E-state index in [1.807, 2.05) is 12.4 Å². The zero-order valence-electron chi connectivity index (χ0n) is 19.0. The summed E-state index contributed by atoms with van der Waals surface area (Å²) in [6.45, 7) is 4.56. The summed E-state index contributed by atoms with van der Waals surface area (Å²) in [6, 6.07) is 8.87. The van der Waals surface area contributed by atoms with Crippen LogP contribution >= 0.6 is 0 Å². The van der Waals surface area contributed by atoms with Crippen molar-refractivity contribution in [1.29, 1.82) is 0 Å². The number of nitrogens with zero attached hydrogens (tertiary/aromatic N) is 2. The topological polar surface area (TPSA) is 25.8 Å². The predicted molar refractivity (Wildman–Crippen MR) is 127 cm³/mol. The average Bonchev–Trinajstić information content (AvgIpc) is 2.79. The Morgan fingerprint density at radius 2 is 1.50 bits per heavy atom. The summed E-state index contributed by atoms with van der Waals surface area (Å²) < 4.78 is 0. The molecule has 2 nitrogen and oxygen atoms in total. The molecule has 0 aliphatic heterocycles. The largest absolute Gasteiger partial charge is 0.229 e. The summed E-state index contributed by atoms with van der Waals surface area (Å²) in [5.74, 6) is 8.65. The highest BCUT2D eigenvalue weighted by atomic mass is 14.8. The second-order valence-corrected chi connectivity index (χ2v) is 8.96. The molecule has 1 aliphatic rings. The van der Waals surface area contributed by atoms with Crippen LogP contribution in [-0.4, -0.2) is 9.97 Å². The fourth-order valence-electron chi connectivity index (χ4n) is 4.64. The van der Waals surface area contributed by atoms with Crippen LogP contribution in [0.1, 0.15) is 113 Å². The van der Waals surface area contributed by atoms with Gasteiger partial charge in [0.15, 0.2) is 0 Å². The Morgan fingerprint density at radius 3 is 2.17 bits per heavy atom. The lowest BCUT2D eigenvalue weighted by atomic mass is 9.77. The molecule has 1 saturated carbocycles. The van der Waals surface area contributed by atoms with Gasteiger partial charge in [-0.15, -0.1) is 0 Å². The molecule has 0 amide bonds. The van der Waals surface area contributed by atoms with Crippen LogP contribution in [0.25, 0.3) is 0 Å². The lowest BCUT2D eigenvalue weighted by molar-refractivity contribution is 0.308. The summed E-state index contributed by atoms with van der Waals surface area (Å²) in [5.41, 5.74) is 3.74. The van der Waals surface area contributed by atoms with Gasteiger partial charge in [-0.3, -0.25) is 0 Å². The Balaban J connectivity index is 1.48. The highest BCUT2D eigenvalue weighted by Crippen LogP contribution is 2.37. The van der Waals surface area contributed by atoms with Gasteiger partial charge in [0.1, 0.15) is 0 Å². The first kappa shape index (κ1) is 22.5. The maximum atomic E-state index is 4.44. The summed E-state index contributed by atoms with van der Waals surface area (Å²) >= 11 is 0. The number of aromatic nitrogens is 2. The van der Waals surface area contributed by atoms with Gasteiger partial charge >= 0.3 is 0 Å².